The number of pyridine rings is 1. The Morgan fingerprint density at radius 3 is 2.71 bits per heavy atom. The zero-order chi connectivity index (χ0) is 10.7. The largest absolute Gasteiger partial charge is 0.323 e. The van der Waals surface area contributed by atoms with Crippen LogP contribution in [0.2, 0.25) is 0 Å². The lowest BCUT2D eigenvalue weighted by Crippen LogP contribution is -2.32. The minimum Gasteiger partial charge on any atom is -0.323 e. The third-order valence-corrected chi connectivity index (χ3v) is 1.77. The van der Waals surface area contributed by atoms with Crippen molar-refractivity contribution in [3.05, 3.63) is 28.7 Å². The van der Waals surface area contributed by atoms with Crippen LogP contribution in [0.25, 0.3) is 0 Å². The molecule has 5 heteroatoms. The predicted octanol–water partition coefficient (Wildman–Crippen LogP) is -0.329. The van der Waals surface area contributed by atoms with Gasteiger partial charge >= 0.3 is 0 Å². The van der Waals surface area contributed by atoms with Crippen molar-refractivity contribution in [2.75, 3.05) is 5.32 Å². The number of aromatic nitrogens is 1. The van der Waals surface area contributed by atoms with Crippen molar-refractivity contribution in [3.8, 4) is 0 Å². The summed E-state index contributed by atoms with van der Waals surface area (Å²) >= 11 is 0. The molecule has 76 valence electrons. The highest BCUT2D eigenvalue weighted by Crippen LogP contribution is 2.02. The van der Waals surface area contributed by atoms with Crippen molar-refractivity contribution in [2.24, 2.45) is 12.8 Å². The number of carbonyl (C=O) groups excluding carboxylic acids is 1. The van der Waals surface area contributed by atoms with Crippen LogP contribution in [0.3, 0.4) is 0 Å². The standard InChI is InChI=1S/C9H13N3O2/c1-6(10)9(14)11-7-3-4-8(13)12(2)5-7/h3-6H,10H2,1-2H3,(H,11,14)/t6-/m0/s1. The molecule has 0 radical (unpaired) electrons. The topological polar surface area (TPSA) is 77.1 Å². The monoisotopic (exact) mass is 195 g/mol. The Morgan fingerprint density at radius 1 is 1.57 bits per heavy atom. The van der Waals surface area contributed by atoms with E-state index in [4.69, 9.17) is 5.73 Å². The van der Waals surface area contributed by atoms with Crippen LogP contribution in [-0.2, 0) is 11.8 Å². The summed E-state index contributed by atoms with van der Waals surface area (Å²) in [5.74, 6) is -0.274. The molecule has 0 bridgehead atoms. The quantitative estimate of drug-likeness (QED) is 0.678. The summed E-state index contributed by atoms with van der Waals surface area (Å²) in [5.41, 5.74) is 5.81. The van der Waals surface area contributed by atoms with Gasteiger partial charge in [0.15, 0.2) is 0 Å². The SMILES string of the molecule is C[C@H](N)C(=O)Nc1ccc(=O)n(C)c1. The number of nitrogens with two attached hydrogens (primary N) is 1. The molecule has 0 fully saturated rings. The molecule has 0 unspecified atom stereocenters. The number of nitrogens with zero attached hydrogens (tertiary/aromatic N) is 1. The number of rotatable bonds is 2. The average Bonchev–Trinajstić information content (AvgIpc) is 2.11. The number of aryl methyl sites for hydroxylation is 1. The summed E-state index contributed by atoms with van der Waals surface area (Å²) in [6.45, 7) is 1.59. The van der Waals surface area contributed by atoms with Crippen LogP contribution in [0.4, 0.5) is 5.69 Å². The van der Waals surface area contributed by atoms with Gasteiger partial charge in [-0.1, -0.05) is 0 Å². The van der Waals surface area contributed by atoms with Crippen molar-refractivity contribution in [2.45, 2.75) is 13.0 Å². The van der Waals surface area contributed by atoms with Gasteiger partial charge in [0.25, 0.3) is 0 Å². The summed E-state index contributed by atoms with van der Waals surface area (Å²) < 4.78 is 1.39. The van der Waals surface area contributed by atoms with E-state index in [1.165, 1.54) is 10.6 Å². The fourth-order valence-corrected chi connectivity index (χ4v) is 0.924. The minimum atomic E-state index is -0.563. The number of hydrogen-bond donors (Lipinski definition) is 2. The number of amides is 1. The summed E-state index contributed by atoms with van der Waals surface area (Å²) in [4.78, 5) is 22.2. The molecule has 1 aromatic heterocycles. The lowest BCUT2D eigenvalue weighted by Gasteiger charge is -2.08. The molecule has 5 nitrogen and oxygen atoms in total. The van der Waals surface area contributed by atoms with Gasteiger partial charge in [-0.2, -0.15) is 0 Å². The van der Waals surface area contributed by atoms with Gasteiger partial charge in [0.05, 0.1) is 11.7 Å². The molecular weight excluding hydrogens is 182 g/mol. The molecule has 1 heterocycles. The maximum absolute atomic E-state index is 11.2. The van der Waals surface area contributed by atoms with E-state index in [0.717, 1.165) is 0 Å². The Hall–Kier alpha value is -1.62. The van der Waals surface area contributed by atoms with E-state index >= 15 is 0 Å². The van der Waals surface area contributed by atoms with Crippen molar-refractivity contribution in [1.82, 2.24) is 4.57 Å². The van der Waals surface area contributed by atoms with Crippen molar-refractivity contribution < 1.29 is 4.79 Å². The van der Waals surface area contributed by atoms with E-state index in [2.05, 4.69) is 5.32 Å². The zero-order valence-corrected chi connectivity index (χ0v) is 8.15. The van der Waals surface area contributed by atoms with Gasteiger partial charge in [-0.15, -0.1) is 0 Å². The number of hydrogen-bond acceptors (Lipinski definition) is 3. The van der Waals surface area contributed by atoms with Crippen molar-refractivity contribution in [3.63, 3.8) is 0 Å². The molecule has 1 amide bonds. The first-order valence-electron chi connectivity index (χ1n) is 4.24. The van der Waals surface area contributed by atoms with Crippen LogP contribution in [-0.4, -0.2) is 16.5 Å². The van der Waals surface area contributed by atoms with Gasteiger partial charge < -0.3 is 15.6 Å². The summed E-state index contributed by atoms with van der Waals surface area (Å²) in [6, 6.07) is 2.37. The first kappa shape index (κ1) is 10.5. The molecule has 1 atom stereocenters. The lowest BCUT2D eigenvalue weighted by molar-refractivity contribution is -0.117. The Morgan fingerprint density at radius 2 is 2.21 bits per heavy atom. The molecule has 0 saturated carbocycles. The Kier molecular flexibility index (Phi) is 3.03. The van der Waals surface area contributed by atoms with E-state index < -0.39 is 6.04 Å². The van der Waals surface area contributed by atoms with Crippen molar-refractivity contribution in [1.29, 1.82) is 0 Å². The second-order valence-electron chi connectivity index (χ2n) is 3.14. The highest BCUT2D eigenvalue weighted by atomic mass is 16.2. The fraction of sp³-hybridized carbons (Fsp3) is 0.333. The molecule has 0 spiro atoms. The van der Waals surface area contributed by atoms with Gasteiger partial charge in [-0.05, 0) is 13.0 Å². The maximum Gasteiger partial charge on any atom is 0.250 e. The Balaban J connectivity index is 2.83. The van der Waals surface area contributed by atoms with Gasteiger partial charge in [0.1, 0.15) is 0 Å². The highest BCUT2D eigenvalue weighted by molar-refractivity contribution is 5.94. The molecule has 0 aliphatic carbocycles. The van der Waals surface area contributed by atoms with E-state index in [0.29, 0.717) is 5.69 Å². The second-order valence-corrected chi connectivity index (χ2v) is 3.14. The highest BCUT2D eigenvalue weighted by Gasteiger charge is 2.07. The maximum atomic E-state index is 11.2. The average molecular weight is 195 g/mol. The molecule has 0 aliphatic rings. The zero-order valence-electron chi connectivity index (χ0n) is 8.15. The van der Waals surface area contributed by atoms with Gasteiger partial charge in [-0.3, -0.25) is 9.59 Å². The van der Waals surface area contributed by atoms with Gasteiger partial charge in [-0.25, -0.2) is 0 Å². The summed E-state index contributed by atoms with van der Waals surface area (Å²) in [5, 5.41) is 2.59. The van der Waals surface area contributed by atoms with Crippen LogP contribution >= 0.6 is 0 Å². The molecule has 1 rings (SSSR count). The van der Waals surface area contributed by atoms with Crippen LogP contribution in [0, 0.1) is 0 Å². The first-order valence-corrected chi connectivity index (χ1v) is 4.24. The van der Waals surface area contributed by atoms with Crippen LogP contribution in [0.5, 0.6) is 0 Å². The molecule has 0 aromatic carbocycles. The smallest absolute Gasteiger partial charge is 0.250 e. The molecule has 1 aromatic rings. The minimum absolute atomic E-state index is 0.121. The summed E-state index contributed by atoms with van der Waals surface area (Å²) in [7, 11) is 1.61. The van der Waals surface area contributed by atoms with E-state index in [-0.39, 0.29) is 11.5 Å². The third kappa shape index (κ3) is 2.43. The van der Waals surface area contributed by atoms with E-state index in [1.54, 1.807) is 26.2 Å². The van der Waals surface area contributed by atoms with Crippen LogP contribution in [0.15, 0.2) is 23.1 Å². The third-order valence-electron chi connectivity index (χ3n) is 1.77. The molecular formula is C9H13N3O2. The first-order chi connectivity index (χ1) is 6.50. The number of nitrogens with one attached hydrogen (secondary N) is 1. The van der Waals surface area contributed by atoms with Gasteiger partial charge in [0, 0.05) is 19.3 Å². The van der Waals surface area contributed by atoms with Crippen molar-refractivity contribution >= 4 is 11.6 Å². The Labute approximate surface area is 81.5 Å². The molecule has 14 heavy (non-hydrogen) atoms. The number of anilines is 1. The van der Waals surface area contributed by atoms with Crippen LogP contribution in [0.1, 0.15) is 6.92 Å². The lowest BCUT2D eigenvalue weighted by atomic mass is 10.3. The van der Waals surface area contributed by atoms with Crippen LogP contribution < -0.4 is 16.6 Å². The summed E-state index contributed by atoms with van der Waals surface area (Å²) in [6.07, 6.45) is 1.54. The van der Waals surface area contributed by atoms with Gasteiger partial charge in [0.2, 0.25) is 11.5 Å². The predicted molar refractivity (Wildman–Crippen MR) is 54.0 cm³/mol. The Bertz CT molecular complexity index is 395. The number of carbonyl (C=O) groups is 1. The molecule has 3 N–H and O–H groups in total. The van der Waals surface area contributed by atoms with E-state index in [1.807, 2.05) is 0 Å². The second kappa shape index (κ2) is 4.06. The van der Waals surface area contributed by atoms with E-state index in [9.17, 15) is 9.59 Å². The fourth-order valence-electron chi connectivity index (χ4n) is 0.924. The molecule has 0 saturated heterocycles. The molecule has 0 aliphatic heterocycles. The normalized spacial score (nSPS) is 12.2.